The van der Waals surface area contributed by atoms with Gasteiger partial charge in [0.1, 0.15) is 17.3 Å². The van der Waals surface area contributed by atoms with Crippen LogP contribution >= 0.6 is 11.6 Å². The van der Waals surface area contributed by atoms with Crippen molar-refractivity contribution in [2.75, 3.05) is 11.9 Å². The zero-order valence-corrected chi connectivity index (χ0v) is 10.7. The van der Waals surface area contributed by atoms with E-state index in [0.717, 1.165) is 6.07 Å². The van der Waals surface area contributed by atoms with E-state index < -0.39 is 11.7 Å². The minimum absolute atomic E-state index is 0.102. The first-order valence-corrected chi connectivity index (χ1v) is 5.73. The lowest BCUT2D eigenvalue weighted by Gasteiger charge is -2.07. The molecule has 0 bridgehead atoms. The van der Waals surface area contributed by atoms with Crippen molar-refractivity contribution < 1.29 is 18.4 Å². The first kappa shape index (κ1) is 13.4. The maximum atomic E-state index is 12.8. The van der Waals surface area contributed by atoms with E-state index in [1.165, 1.54) is 12.1 Å². The highest BCUT2D eigenvalue weighted by molar-refractivity contribution is 6.32. The molecule has 2 rings (SSSR count). The zero-order chi connectivity index (χ0) is 13.8. The molecule has 0 spiro atoms. The number of amides is 1. The largest absolute Gasteiger partial charge is 0.482 e. The Morgan fingerprint density at radius 2 is 2.32 bits per heavy atom. The Morgan fingerprint density at radius 3 is 2.95 bits per heavy atom. The summed E-state index contributed by atoms with van der Waals surface area (Å²) in [7, 11) is 0. The van der Waals surface area contributed by atoms with E-state index in [4.69, 9.17) is 20.9 Å². The Labute approximate surface area is 113 Å². The van der Waals surface area contributed by atoms with Crippen LogP contribution in [0.1, 0.15) is 5.76 Å². The van der Waals surface area contributed by atoms with Crippen molar-refractivity contribution in [1.82, 2.24) is 5.16 Å². The first-order valence-electron chi connectivity index (χ1n) is 5.35. The third-order valence-electron chi connectivity index (χ3n) is 2.15. The van der Waals surface area contributed by atoms with Gasteiger partial charge in [-0.1, -0.05) is 16.8 Å². The van der Waals surface area contributed by atoms with Crippen LogP contribution in [0.3, 0.4) is 0 Å². The Bertz CT molecular complexity index is 600. The van der Waals surface area contributed by atoms with Gasteiger partial charge in [-0.25, -0.2) is 4.39 Å². The average Bonchev–Trinajstić information content (AvgIpc) is 2.73. The van der Waals surface area contributed by atoms with Crippen LogP contribution in [0.5, 0.6) is 5.75 Å². The molecular formula is C12H10ClFN2O3. The third kappa shape index (κ3) is 3.69. The van der Waals surface area contributed by atoms with Crippen LogP contribution in [-0.2, 0) is 4.79 Å². The van der Waals surface area contributed by atoms with E-state index in [-0.39, 0.29) is 17.4 Å². The summed E-state index contributed by atoms with van der Waals surface area (Å²) in [5, 5.41) is 6.18. The number of rotatable bonds is 4. The van der Waals surface area contributed by atoms with Gasteiger partial charge in [-0.2, -0.15) is 0 Å². The minimum Gasteiger partial charge on any atom is -0.482 e. The van der Waals surface area contributed by atoms with Crippen LogP contribution in [0.2, 0.25) is 5.02 Å². The maximum absolute atomic E-state index is 12.8. The Kier molecular flexibility index (Phi) is 4.01. The molecule has 0 atom stereocenters. The number of nitrogens with one attached hydrogen (secondary N) is 1. The number of anilines is 1. The lowest BCUT2D eigenvalue weighted by molar-refractivity contribution is -0.118. The Balaban J connectivity index is 1.89. The number of nitrogens with zero attached hydrogens (tertiary/aromatic N) is 1. The monoisotopic (exact) mass is 284 g/mol. The number of hydrogen-bond acceptors (Lipinski definition) is 4. The third-order valence-corrected chi connectivity index (χ3v) is 2.44. The molecule has 1 N–H and O–H groups in total. The van der Waals surface area contributed by atoms with Gasteiger partial charge in [-0.15, -0.1) is 0 Å². The molecule has 2 aromatic rings. The van der Waals surface area contributed by atoms with Crippen LogP contribution in [0.4, 0.5) is 10.2 Å². The van der Waals surface area contributed by atoms with Gasteiger partial charge in [0.2, 0.25) is 0 Å². The van der Waals surface area contributed by atoms with Gasteiger partial charge in [0.15, 0.2) is 12.4 Å². The maximum Gasteiger partial charge on any atom is 0.263 e. The molecule has 5 nitrogen and oxygen atoms in total. The quantitative estimate of drug-likeness (QED) is 0.937. The van der Waals surface area contributed by atoms with Crippen molar-refractivity contribution in [2.24, 2.45) is 0 Å². The summed E-state index contributed by atoms with van der Waals surface area (Å²) in [6, 6.07) is 5.23. The summed E-state index contributed by atoms with van der Waals surface area (Å²) in [6.45, 7) is 1.44. The van der Waals surface area contributed by atoms with Gasteiger partial charge < -0.3 is 14.6 Å². The highest BCUT2D eigenvalue weighted by Gasteiger charge is 2.09. The number of ether oxygens (including phenoxy) is 1. The number of aryl methyl sites for hydroxylation is 1. The summed E-state index contributed by atoms with van der Waals surface area (Å²) >= 11 is 5.75. The molecular weight excluding hydrogens is 275 g/mol. The van der Waals surface area contributed by atoms with E-state index in [0.29, 0.717) is 11.6 Å². The molecule has 1 aromatic heterocycles. The summed E-state index contributed by atoms with van der Waals surface area (Å²) in [5.41, 5.74) is 0. The van der Waals surface area contributed by atoms with Gasteiger partial charge in [-0.05, 0) is 25.1 Å². The molecule has 1 aromatic carbocycles. The molecule has 7 heteroatoms. The average molecular weight is 285 g/mol. The van der Waals surface area contributed by atoms with E-state index >= 15 is 0 Å². The van der Waals surface area contributed by atoms with Crippen molar-refractivity contribution in [3.05, 3.63) is 40.9 Å². The van der Waals surface area contributed by atoms with Gasteiger partial charge in [0.05, 0.1) is 5.02 Å². The molecule has 1 heterocycles. The van der Waals surface area contributed by atoms with Gasteiger partial charge in [-0.3, -0.25) is 4.79 Å². The predicted molar refractivity (Wildman–Crippen MR) is 66.8 cm³/mol. The van der Waals surface area contributed by atoms with Crippen LogP contribution in [0.15, 0.2) is 28.8 Å². The molecule has 100 valence electrons. The molecule has 0 saturated carbocycles. The summed E-state index contributed by atoms with van der Waals surface area (Å²) in [4.78, 5) is 11.5. The van der Waals surface area contributed by atoms with Crippen LogP contribution in [0, 0.1) is 12.7 Å². The van der Waals surface area contributed by atoms with Gasteiger partial charge in [0, 0.05) is 6.07 Å². The normalized spacial score (nSPS) is 10.3. The molecule has 0 aliphatic rings. The predicted octanol–water partition coefficient (Wildman–Crippen LogP) is 2.79. The van der Waals surface area contributed by atoms with E-state index in [2.05, 4.69) is 10.5 Å². The highest BCUT2D eigenvalue weighted by Crippen LogP contribution is 2.24. The number of aromatic nitrogens is 1. The summed E-state index contributed by atoms with van der Waals surface area (Å²) in [5.74, 6) is 0.220. The number of halogens is 2. The Hall–Kier alpha value is -2.08. The fraction of sp³-hybridized carbons (Fsp3) is 0.167. The number of benzene rings is 1. The minimum atomic E-state index is -0.472. The van der Waals surface area contributed by atoms with Crippen molar-refractivity contribution in [1.29, 1.82) is 0 Å². The highest BCUT2D eigenvalue weighted by atomic mass is 35.5. The van der Waals surface area contributed by atoms with Crippen LogP contribution < -0.4 is 10.1 Å². The molecule has 0 radical (unpaired) electrons. The lowest BCUT2D eigenvalue weighted by Crippen LogP contribution is -2.20. The van der Waals surface area contributed by atoms with Crippen molar-refractivity contribution in [3.63, 3.8) is 0 Å². The molecule has 1 amide bonds. The smallest absolute Gasteiger partial charge is 0.263 e. The molecule has 0 aliphatic carbocycles. The van der Waals surface area contributed by atoms with E-state index in [1.807, 2.05) is 0 Å². The zero-order valence-electron chi connectivity index (χ0n) is 9.94. The Morgan fingerprint density at radius 1 is 1.53 bits per heavy atom. The number of carbonyl (C=O) groups excluding carboxylic acids is 1. The van der Waals surface area contributed by atoms with Crippen LogP contribution in [-0.4, -0.2) is 17.7 Å². The molecule has 0 unspecified atom stereocenters. The molecule has 0 aliphatic heterocycles. The fourth-order valence-electron chi connectivity index (χ4n) is 1.34. The first-order chi connectivity index (χ1) is 9.04. The van der Waals surface area contributed by atoms with Crippen LogP contribution in [0.25, 0.3) is 0 Å². The second kappa shape index (κ2) is 5.71. The summed E-state index contributed by atoms with van der Waals surface area (Å²) < 4.78 is 22.8. The number of carbonyl (C=O) groups is 1. The number of hydrogen-bond donors (Lipinski definition) is 1. The van der Waals surface area contributed by atoms with Gasteiger partial charge >= 0.3 is 0 Å². The van der Waals surface area contributed by atoms with Crippen molar-refractivity contribution in [2.45, 2.75) is 6.92 Å². The molecule has 19 heavy (non-hydrogen) atoms. The van der Waals surface area contributed by atoms with Gasteiger partial charge in [0.25, 0.3) is 5.91 Å². The second-order valence-electron chi connectivity index (χ2n) is 3.73. The molecule has 0 saturated heterocycles. The van der Waals surface area contributed by atoms with Crippen molar-refractivity contribution in [3.8, 4) is 5.75 Å². The van der Waals surface area contributed by atoms with E-state index in [9.17, 15) is 9.18 Å². The van der Waals surface area contributed by atoms with E-state index in [1.54, 1.807) is 13.0 Å². The SMILES string of the molecule is Cc1cc(NC(=O)COc2ccc(F)cc2Cl)no1. The topological polar surface area (TPSA) is 64.4 Å². The summed E-state index contributed by atoms with van der Waals surface area (Å²) in [6.07, 6.45) is 0. The second-order valence-corrected chi connectivity index (χ2v) is 4.14. The van der Waals surface area contributed by atoms with Crippen molar-refractivity contribution >= 4 is 23.3 Å². The fourth-order valence-corrected chi connectivity index (χ4v) is 1.56. The lowest BCUT2D eigenvalue weighted by atomic mass is 10.3. The molecule has 0 fully saturated rings. The standard InChI is InChI=1S/C12H10ClFN2O3/c1-7-4-11(16-19-7)15-12(17)6-18-10-3-2-8(14)5-9(10)13/h2-5H,6H2,1H3,(H,15,16,17).